The fourth-order valence-electron chi connectivity index (χ4n) is 2.23. The van der Waals surface area contributed by atoms with Crippen molar-refractivity contribution < 1.29 is 14.3 Å². The summed E-state index contributed by atoms with van der Waals surface area (Å²) in [5, 5.41) is 8.56. The summed E-state index contributed by atoms with van der Waals surface area (Å²) >= 11 is 1.53. The number of nitrogens with zero attached hydrogens (tertiary/aromatic N) is 2. The molecular weight excluding hydrogens is 276 g/mol. The molecule has 1 unspecified atom stereocenters. The van der Waals surface area contributed by atoms with Gasteiger partial charge >= 0.3 is 0 Å². The van der Waals surface area contributed by atoms with E-state index in [0.717, 1.165) is 5.56 Å². The molecule has 0 bridgehead atoms. The third-order valence-electron chi connectivity index (χ3n) is 3.15. The van der Waals surface area contributed by atoms with Gasteiger partial charge in [-0.05, 0) is 12.1 Å². The van der Waals surface area contributed by atoms with Crippen molar-refractivity contribution in [3.8, 4) is 17.6 Å². The van der Waals surface area contributed by atoms with Crippen LogP contribution in [0.15, 0.2) is 18.2 Å². The minimum Gasteiger partial charge on any atom is -0.496 e. The number of nitriles is 1. The summed E-state index contributed by atoms with van der Waals surface area (Å²) in [6.07, 6.45) is 0.320. The lowest BCUT2D eigenvalue weighted by Crippen LogP contribution is -2.29. The molecule has 0 saturated carbocycles. The molecule has 0 N–H and O–H groups in total. The Kier molecular flexibility index (Phi) is 4.74. The normalized spacial score (nSPS) is 17.9. The molecule has 1 aromatic rings. The Morgan fingerprint density at radius 1 is 1.40 bits per heavy atom. The van der Waals surface area contributed by atoms with Crippen LogP contribution in [0, 0.1) is 11.3 Å². The Morgan fingerprint density at radius 2 is 2.05 bits per heavy atom. The van der Waals surface area contributed by atoms with Crippen molar-refractivity contribution in [3.05, 3.63) is 23.8 Å². The van der Waals surface area contributed by atoms with Gasteiger partial charge in [0.1, 0.15) is 16.9 Å². The van der Waals surface area contributed by atoms with Crippen LogP contribution in [-0.2, 0) is 4.79 Å². The van der Waals surface area contributed by atoms with Crippen molar-refractivity contribution in [2.24, 2.45) is 0 Å². The predicted octanol–water partition coefficient (Wildman–Crippen LogP) is 2.19. The lowest BCUT2D eigenvalue weighted by atomic mass is 10.1. The van der Waals surface area contributed by atoms with Gasteiger partial charge in [0.2, 0.25) is 5.91 Å². The van der Waals surface area contributed by atoms with Gasteiger partial charge in [-0.3, -0.25) is 4.79 Å². The zero-order valence-electron chi connectivity index (χ0n) is 11.5. The first-order valence-corrected chi connectivity index (χ1v) is 7.26. The molecule has 1 fully saturated rings. The molecule has 1 atom stereocenters. The average Bonchev–Trinajstić information content (AvgIpc) is 2.84. The van der Waals surface area contributed by atoms with Crippen molar-refractivity contribution in [2.45, 2.75) is 11.8 Å². The van der Waals surface area contributed by atoms with E-state index in [2.05, 4.69) is 6.07 Å². The highest BCUT2D eigenvalue weighted by atomic mass is 32.2. The minimum atomic E-state index is -0.165. The van der Waals surface area contributed by atoms with E-state index in [0.29, 0.717) is 30.2 Å². The van der Waals surface area contributed by atoms with Crippen LogP contribution in [0.5, 0.6) is 11.5 Å². The van der Waals surface area contributed by atoms with Crippen LogP contribution in [-0.4, -0.2) is 37.3 Å². The maximum atomic E-state index is 12.0. The number of rotatable bonds is 5. The smallest absolute Gasteiger partial charge is 0.233 e. The third kappa shape index (κ3) is 2.68. The SMILES string of the molecule is COc1cccc(OC)c1C1SCC(=O)N1CCC#N. The van der Waals surface area contributed by atoms with Crippen molar-refractivity contribution in [1.82, 2.24) is 4.90 Å². The molecule has 0 aliphatic carbocycles. The van der Waals surface area contributed by atoms with Crippen LogP contribution < -0.4 is 9.47 Å². The third-order valence-corrected chi connectivity index (χ3v) is 4.37. The fourth-order valence-corrected chi connectivity index (χ4v) is 3.50. The van der Waals surface area contributed by atoms with Gasteiger partial charge in [0.05, 0.1) is 38.0 Å². The van der Waals surface area contributed by atoms with Gasteiger partial charge in [-0.15, -0.1) is 11.8 Å². The Hall–Kier alpha value is -1.87. The predicted molar refractivity (Wildman–Crippen MR) is 76.7 cm³/mol. The zero-order valence-corrected chi connectivity index (χ0v) is 12.3. The molecule has 1 aromatic carbocycles. The van der Waals surface area contributed by atoms with Gasteiger partial charge in [-0.1, -0.05) is 6.07 Å². The second-order valence-electron chi connectivity index (χ2n) is 4.23. The summed E-state index contributed by atoms with van der Waals surface area (Å²) in [6.45, 7) is 0.425. The van der Waals surface area contributed by atoms with Crippen LogP contribution in [0.1, 0.15) is 17.4 Å². The Morgan fingerprint density at radius 3 is 2.60 bits per heavy atom. The maximum Gasteiger partial charge on any atom is 0.233 e. The van der Waals surface area contributed by atoms with E-state index in [1.54, 1.807) is 19.1 Å². The molecule has 0 radical (unpaired) electrons. The number of carbonyl (C=O) groups is 1. The summed E-state index contributed by atoms with van der Waals surface area (Å²) in [5.74, 6) is 1.84. The second kappa shape index (κ2) is 6.53. The number of benzene rings is 1. The van der Waals surface area contributed by atoms with Crippen molar-refractivity contribution in [2.75, 3.05) is 26.5 Å². The summed E-state index contributed by atoms with van der Waals surface area (Å²) in [5.41, 5.74) is 0.853. The largest absolute Gasteiger partial charge is 0.496 e. The van der Waals surface area contributed by atoms with Crippen LogP contribution in [0.25, 0.3) is 0 Å². The van der Waals surface area contributed by atoms with Crippen molar-refractivity contribution >= 4 is 17.7 Å². The molecule has 1 heterocycles. The number of carbonyl (C=O) groups excluding carboxylic acids is 1. The highest BCUT2D eigenvalue weighted by molar-refractivity contribution is 8.00. The minimum absolute atomic E-state index is 0.0446. The van der Waals surface area contributed by atoms with Gasteiger partial charge in [-0.2, -0.15) is 5.26 Å². The van der Waals surface area contributed by atoms with E-state index < -0.39 is 0 Å². The molecule has 1 aliphatic rings. The molecule has 20 heavy (non-hydrogen) atoms. The van der Waals surface area contributed by atoms with Crippen LogP contribution in [0.3, 0.4) is 0 Å². The number of hydrogen-bond donors (Lipinski definition) is 0. The van der Waals surface area contributed by atoms with E-state index >= 15 is 0 Å². The van der Waals surface area contributed by atoms with Gasteiger partial charge < -0.3 is 14.4 Å². The summed E-state index contributed by atoms with van der Waals surface area (Å²) in [7, 11) is 3.19. The molecule has 1 saturated heterocycles. The number of hydrogen-bond acceptors (Lipinski definition) is 5. The monoisotopic (exact) mass is 292 g/mol. The van der Waals surface area contributed by atoms with E-state index in [4.69, 9.17) is 14.7 Å². The molecule has 2 rings (SSSR count). The van der Waals surface area contributed by atoms with Crippen molar-refractivity contribution in [3.63, 3.8) is 0 Å². The van der Waals surface area contributed by atoms with E-state index in [1.807, 2.05) is 18.2 Å². The first-order valence-electron chi connectivity index (χ1n) is 6.21. The zero-order chi connectivity index (χ0) is 14.5. The molecule has 5 nitrogen and oxygen atoms in total. The van der Waals surface area contributed by atoms with Crippen molar-refractivity contribution in [1.29, 1.82) is 5.26 Å². The van der Waals surface area contributed by atoms with Gasteiger partial charge in [-0.25, -0.2) is 0 Å². The second-order valence-corrected chi connectivity index (χ2v) is 5.30. The first kappa shape index (κ1) is 14.5. The van der Waals surface area contributed by atoms with Gasteiger partial charge in [0.15, 0.2) is 0 Å². The maximum absolute atomic E-state index is 12.0. The average molecular weight is 292 g/mol. The Balaban J connectivity index is 2.39. The number of ether oxygens (including phenoxy) is 2. The van der Waals surface area contributed by atoms with Crippen LogP contribution >= 0.6 is 11.8 Å². The summed E-state index contributed by atoms with van der Waals surface area (Å²) < 4.78 is 10.8. The number of methoxy groups -OCH3 is 2. The van der Waals surface area contributed by atoms with Crippen LogP contribution in [0.4, 0.5) is 0 Å². The molecular formula is C14H16N2O3S. The summed E-state index contributed by atoms with van der Waals surface area (Å²) in [6, 6.07) is 7.63. The molecule has 106 valence electrons. The molecule has 1 aliphatic heterocycles. The van der Waals surface area contributed by atoms with Crippen LogP contribution in [0.2, 0.25) is 0 Å². The van der Waals surface area contributed by atoms with Gasteiger partial charge in [0, 0.05) is 6.54 Å². The highest BCUT2D eigenvalue weighted by Crippen LogP contribution is 2.46. The first-order chi connectivity index (χ1) is 9.72. The lowest BCUT2D eigenvalue weighted by Gasteiger charge is -2.26. The van der Waals surface area contributed by atoms with Gasteiger partial charge in [0.25, 0.3) is 0 Å². The van der Waals surface area contributed by atoms with E-state index in [1.165, 1.54) is 11.8 Å². The summed E-state index contributed by atoms with van der Waals surface area (Å²) in [4.78, 5) is 13.7. The topological polar surface area (TPSA) is 62.6 Å². The number of amides is 1. The quantitative estimate of drug-likeness (QED) is 0.832. The molecule has 0 aromatic heterocycles. The number of thioether (sulfide) groups is 1. The standard InChI is InChI=1S/C14H16N2O3S/c1-18-10-5-3-6-11(19-2)13(10)14-16(8-4-7-15)12(17)9-20-14/h3,5-6,14H,4,8-9H2,1-2H3. The molecule has 0 spiro atoms. The van der Waals surface area contributed by atoms with E-state index in [-0.39, 0.29) is 11.3 Å². The molecule has 6 heteroatoms. The highest BCUT2D eigenvalue weighted by Gasteiger charge is 2.36. The Labute approximate surface area is 122 Å². The lowest BCUT2D eigenvalue weighted by molar-refractivity contribution is -0.128. The Bertz CT molecular complexity index is 519. The fraction of sp³-hybridized carbons (Fsp3) is 0.429. The molecule has 1 amide bonds. The van der Waals surface area contributed by atoms with E-state index in [9.17, 15) is 4.79 Å².